The lowest BCUT2D eigenvalue weighted by molar-refractivity contribution is -0.0170. The Kier molecular flexibility index (Phi) is 5.19. The number of likely N-dealkylation sites (tertiary alicyclic amines) is 1. The van der Waals surface area contributed by atoms with Gasteiger partial charge in [-0.3, -0.25) is 4.90 Å². The van der Waals surface area contributed by atoms with Crippen LogP contribution >= 0.6 is 15.9 Å². The molecule has 2 amide bonds. The van der Waals surface area contributed by atoms with Crippen molar-refractivity contribution in [3.63, 3.8) is 0 Å². The number of hydrogen-bond acceptors (Lipinski definition) is 4. The molecule has 2 heterocycles. The summed E-state index contributed by atoms with van der Waals surface area (Å²) in [4.78, 5) is 28.0. The second kappa shape index (κ2) is 7.10. The minimum atomic E-state index is -0.507. The Bertz CT molecular complexity index is 693. The maximum atomic E-state index is 12.3. The van der Waals surface area contributed by atoms with Gasteiger partial charge in [-0.25, -0.2) is 9.59 Å². The zero-order chi connectivity index (χ0) is 18.9. The van der Waals surface area contributed by atoms with Crippen LogP contribution in [0.4, 0.5) is 9.59 Å². The Hall–Kier alpha value is -1.76. The molecular formula is C19H25BrN2O4. The van der Waals surface area contributed by atoms with Gasteiger partial charge in [-0.05, 0) is 38.5 Å². The number of carbonyl (C=O) groups excluding carboxylic acids is 2. The Morgan fingerprint density at radius 3 is 2.62 bits per heavy atom. The number of carbonyl (C=O) groups is 2. The Morgan fingerprint density at radius 2 is 2.00 bits per heavy atom. The highest BCUT2D eigenvalue weighted by molar-refractivity contribution is 9.10. The van der Waals surface area contributed by atoms with Gasteiger partial charge >= 0.3 is 12.2 Å². The molecule has 0 unspecified atom stereocenters. The maximum absolute atomic E-state index is 12.3. The van der Waals surface area contributed by atoms with Gasteiger partial charge in [0.05, 0.1) is 6.54 Å². The van der Waals surface area contributed by atoms with Crippen LogP contribution in [0.25, 0.3) is 0 Å². The molecule has 2 aliphatic rings. The van der Waals surface area contributed by atoms with Crippen molar-refractivity contribution in [3.05, 3.63) is 34.3 Å². The van der Waals surface area contributed by atoms with E-state index in [0.29, 0.717) is 39.0 Å². The van der Waals surface area contributed by atoms with Gasteiger partial charge in [0.25, 0.3) is 0 Å². The molecule has 1 spiro atoms. The van der Waals surface area contributed by atoms with Crippen molar-refractivity contribution >= 4 is 28.1 Å². The number of rotatable bonds is 2. The molecule has 0 aliphatic carbocycles. The van der Waals surface area contributed by atoms with Crippen LogP contribution in [0.1, 0.15) is 39.2 Å². The van der Waals surface area contributed by atoms with E-state index in [2.05, 4.69) is 15.9 Å². The smallest absolute Gasteiger partial charge is 0.410 e. The summed E-state index contributed by atoms with van der Waals surface area (Å²) >= 11 is 3.45. The fourth-order valence-corrected chi connectivity index (χ4v) is 3.80. The molecule has 2 aliphatic heterocycles. The van der Waals surface area contributed by atoms with Crippen molar-refractivity contribution in [2.75, 3.05) is 19.6 Å². The molecule has 26 heavy (non-hydrogen) atoms. The summed E-state index contributed by atoms with van der Waals surface area (Å²) in [5.74, 6) is 0. The molecule has 0 saturated carbocycles. The van der Waals surface area contributed by atoms with Gasteiger partial charge < -0.3 is 14.4 Å². The van der Waals surface area contributed by atoms with E-state index in [1.165, 1.54) is 0 Å². The molecule has 1 aromatic carbocycles. The molecule has 2 fully saturated rings. The molecule has 0 N–H and O–H groups in total. The molecule has 0 aromatic heterocycles. The predicted octanol–water partition coefficient (Wildman–Crippen LogP) is 4.17. The second-order valence-corrected chi connectivity index (χ2v) is 8.92. The van der Waals surface area contributed by atoms with Crippen LogP contribution in [0, 0.1) is 0 Å². The standard InChI is InChI=1S/C19H25BrN2O4/c1-18(2,3)25-16(23)21-9-7-19(8-10-21)13-22(17(24)26-19)12-14-5-4-6-15(20)11-14/h4-6,11H,7-10,12-13H2,1-3H3. The molecule has 0 atom stereocenters. The fraction of sp³-hybridized carbons (Fsp3) is 0.579. The normalized spacial score (nSPS) is 19.6. The molecule has 142 valence electrons. The molecule has 7 heteroatoms. The van der Waals surface area contributed by atoms with E-state index in [-0.39, 0.29) is 12.2 Å². The van der Waals surface area contributed by atoms with Crippen molar-refractivity contribution in [1.29, 1.82) is 0 Å². The molecule has 2 saturated heterocycles. The van der Waals surface area contributed by atoms with Crippen LogP contribution < -0.4 is 0 Å². The number of benzene rings is 1. The van der Waals surface area contributed by atoms with Crippen LogP contribution in [0.3, 0.4) is 0 Å². The van der Waals surface area contributed by atoms with Crippen molar-refractivity contribution in [1.82, 2.24) is 9.80 Å². The summed E-state index contributed by atoms with van der Waals surface area (Å²) in [6, 6.07) is 7.91. The number of amides is 2. The zero-order valence-corrected chi connectivity index (χ0v) is 17.0. The first kappa shape index (κ1) is 19.0. The van der Waals surface area contributed by atoms with Crippen molar-refractivity contribution in [2.45, 2.75) is 51.4 Å². The van der Waals surface area contributed by atoms with Gasteiger partial charge in [-0.2, -0.15) is 0 Å². The minimum Gasteiger partial charge on any atom is -0.444 e. The quantitative estimate of drug-likeness (QED) is 0.714. The van der Waals surface area contributed by atoms with Crippen molar-refractivity contribution < 1.29 is 19.1 Å². The Balaban J connectivity index is 1.58. The third-order valence-electron chi connectivity index (χ3n) is 4.63. The van der Waals surface area contributed by atoms with Crippen molar-refractivity contribution in [3.8, 4) is 0 Å². The Morgan fingerprint density at radius 1 is 1.31 bits per heavy atom. The number of piperidine rings is 1. The second-order valence-electron chi connectivity index (χ2n) is 8.00. The van der Waals surface area contributed by atoms with Gasteiger partial charge in [-0.15, -0.1) is 0 Å². The monoisotopic (exact) mass is 424 g/mol. The first-order valence-corrected chi connectivity index (χ1v) is 9.65. The lowest BCUT2D eigenvalue weighted by Crippen LogP contribution is -2.49. The van der Waals surface area contributed by atoms with E-state index >= 15 is 0 Å². The molecule has 1 aromatic rings. The van der Waals surface area contributed by atoms with Crippen LogP contribution in [0.2, 0.25) is 0 Å². The van der Waals surface area contributed by atoms with Gasteiger partial charge in [0.15, 0.2) is 0 Å². The van der Waals surface area contributed by atoms with Crippen LogP contribution in [-0.2, 0) is 16.0 Å². The number of hydrogen-bond donors (Lipinski definition) is 0. The molecule has 0 radical (unpaired) electrons. The first-order valence-electron chi connectivity index (χ1n) is 8.86. The van der Waals surface area contributed by atoms with Gasteiger partial charge in [0, 0.05) is 36.9 Å². The number of ether oxygens (including phenoxy) is 2. The van der Waals surface area contributed by atoms with Gasteiger partial charge in [0.2, 0.25) is 0 Å². The summed E-state index contributed by atoms with van der Waals surface area (Å²) in [5, 5.41) is 0. The highest BCUT2D eigenvalue weighted by Gasteiger charge is 2.47. The maximum Gasteiger partial charge on any atom is 0.410 e. The Labute approximate surface area is 162 Å². The zero-order valence-electron chi connectivity index (χ0n) is 15.5. The van der Waals surface area contributed by atoms with E-state index < -0.39 is 11.2 Å². The van der Waals surface area contributed by atoms with Crippen LogP contribution in [-0.4, -0.2) is 52.8 Å². The number of nitrogens with zero attached hydrogens (tertiary/aromatic N) is 2. The third-order valence-corrected chi connectivity index (χ3v) is 5.12. The average molecular weight is 425 g/mol. The average Bonchev–Trinajstić information content (AvgIpc) is 2.81. The van der Waals surface area contributed by atoms with E-state index in [4.69, 9.17) is 9.47 Å². The van der Waals surface area contributed by atoms with E-state index in [9.17, 15) is 9.59 Å². The predicted molar refractivity (Wildman–Crippen MR) is 101 cm³/mol. The van der Waals surface area contributed by atoms with Crippen LogP contribution in [0.15, 0.2) is 28.7 Å². The van der Waals surface area contributed by atoms with Crippen molar-refractivity contribution in [2.24, 2.45) is 0 Å². The summed E-state index contributed by atoms with van der Waals surface area (Å²) in [7, 11) is 0. The minimum absolute atomic E-state index is 0.282. The topological polar surface area (TPSA) is 59.1 Å². The summed E-state index contributed by atoms with van der Waals surface area (Å²) in [5.41, 5.74) is 0.0496. The number of halogens is 1. The van der Waals surface area contributed by atoms with Gasteiger partial charge in [0.1, 0.15) is 11.2 Å². The largest absolute Gasteiger partial charge is 0.444 e. The molecule has 3 rings (SSSR count). The van der Waals surface area contributed by atoms with E-state index in [0.717, 1.165) is 10.0 Å². The lowest BCUT2D eigenvalue weighted by atomic mass is 9.91. The highest BCUT2D eigenvalue weighted by Crippen LogP contribution is 2.34. The summed E-state index contributed by atoms with van der Waals surface area (Å²) < 4.78 is 12.1. The van der Waals surface area contributed by atoms with E-state index in [1.807, 2.05) is 45.0 Å². The first-order chi connectivity index (χ1) is 12.2. The van der Waals surface area contributed by atoms with Crippen LogP contribution in [0.5, 0.6) is 0 Å². The molecule has 6 nitrogen and oxygen atoms in total. The fourth-order valence-electron chi connectivity index (χ4n) is 3.35. The summed E-state index contributed by atoms with van der Waals surface area (Å²) in [6.07, 6.45) is 0.679. The summed E-state index contributed by atoms with van der Waals surface area (Å²) in [6.45, 7) is 7.72. The van der Waals surface area contributed by atoms with E-state index in [1.54, 1.807) is 9.80 Å². The van der Waals surface area contributed by atoms with Gasteiger partial charge in [-0.1, -0.05) is 28.1 Å². The highest BCUT2D eigenvalue weighted by atomic mass is 79.9. The SMILES string of the molecule is CC(C)(C)OC(=O)N1CCC2(CC1)CN(Cc1cccc(Br)c1)C(=O)O2. The molecule has 0 bridgehead atoms. The third kappa shape index (κ3) is 4.50. The molecular weight excluding hydrogens is 400 g/mol. The lowest BCUT2D eigenvalue weighted by Gasteiger charge is -2.37.